The average molecular weight is 499 g/mol. The molecular formula is C23H26ClF3N4OS. The number of alkyl halides is 3. The van der Waals surface area contributed by atoms with Crippen molar-refractivity contribution in [3.8, 4) is 11.6 Å². The van der Waals surface area contributed by atoms with Gasteiger partial charge in [-0.1, -0.05) is 23.9 Å². The summed E-state index contributed by atoms with van der Waals surface area (Å²) in [6, 6.07) is 7.70. The van der Waals surface area contributed by atoms with E-state index in [0.717, 1.165) is 66.1 Å². The molecular weight excluding hydrogens is 473 g/mol. The number of piperidine rings is 1. The summed E-state index contributed by atoms with van der Waals surface area (Å²) in [4.78, 5) is 2.45. The summed E-state index contributed by atoms with van der Waals surface area (Å²) >= 11 is 1.68. The maximum Gasteiger partial charge on any atom is 0.416 e. The Bertz CT molecular complexity index is 1110. The van der Waals surface area contributed by atoms with Gasteiger partial charge in [-0.2, -0.15) is 13.2 Å². The molecule has 178 valence electrons. The number of aryl methyl sites for hydroxylation is 1. The number of thioether (sulfide) groups is 1. The normalized spacial score (nSPS) is 22.3. The van der Waals surface area contributed by atoms with Crippen molar-refractivity contribution in [2.75, 3.05) is 25.4 Å². The molecule has 0 unspecified atom stereocenters. The molecule has 10 heteroatoms. The van der Waals surface area contributed by atoms with Gasteiger partial charge in [0.05, 0.1) is 11.8 Å². The minimum atomic E-state index is -4.28. The van der Waals surface area contributed by atoms with E-state index in [1.807, 2.05) is 24.6 Å². The maximum absolute atomic E-state index is 12.9. The lowest BCUT2D eigenvalue weighted by Crippen LogP contribution is -2.28. The fourth-order valence-electron chi connectivity index (χ4n) is 4.89. The van der Waals surface area contributed by atoms with Gasteiger partial charge in [-0.05, 0) is 61.6 Å². The smallest absolute Gasteiger partial charge is 0.416 e. The first-order chi connectivity index (χ1) is 15.3. The summed E-state index contributed by atoms with van der Waals surface area (Å²) in [6.45, 7) is 4.92. The van der Waals surface area contributed by atoms with E-state index in [2.05, 4.69) is 15.1 Å². The van der Waals surface area contributed by atoms with Gasteiger partial charge < -0.3 is 13.9 Å². The highest BCUT2D eigenvalue weighted by molar-refractivity contribution is 7.99. The Kier molecular flexibility index (Phi) is 6.59. The van der Waals surface area contributed by atoms with Crippen molar-refractivity contribution in [2.45, 2.75) is 36.5 Å². The summed E-state index contributed by atoms with van der Waals surface area (Å²) in [7, 11) is 1.95. The quantitative estimate of drug-likeness (QED) is 0.314. The summed E-state index contributed by atoms with van der Waals surface area (Å²) in [6.07, 6.45) is -0.525. The standard InChI is InChI=1S/C23H25F3N4OS.ClH/c1-15-8-10-31-19(15)20-27-28-21(29(20)2)32-11-3-9-30-13-18-12-22(18,14-30)16-4-6-17(7-5-16)23(24,25)26;/h4-8,10,18H,3,9,11-14H2,1-2H3;1H/t18-,22+;/m0./s1. The summed E-state index contributed by atoms with van der Waals surface area (Å²) < 4.78 is 46.0. The fourth-order valence-corrected chi connectivity index (χ4v) is 5.72. The van der Waals surface area contributed by atoms with E-state index >= 15 is 0 Å². The molecule has 1 aliphatic carbocycles. The Balaban J connectivity index is 0.00000259. The van der Waals surface area contributed by atoms with Crippen LogP contribution in [-0.4, -0.2) is 45.1 Å². The van der Waals surface area contributed by atoms with Gasteiger partial charge in [-0.3, -0.25) is 0 Å². The lowest BCUT2D eigenvalue weighted by Gasteiger charge is -2.21. The number of benzene rings is 1. The van der Waals surface area contributed by atoms with Crippen molar-refractivity contribution in [3.63, 3.8) is 0 Å². The van der Waals surface area contributed by atoms with Gasteiger partial charge in [0, 0.05) is 31.3 Å². The highest BCUT2D eigenvalue weighted by Gasteiger charge is 2.60. The third kappa shape index (κ3) is 4.55. The number of hydrogen-bond acceptors (Lipinski definition) is 5. The van der Waals surface area contributed by atoms with Crippen molar-refractivity contribution < 1.29 is 17.6 Å². The van der Waals surface area contributed by atoms with Gasteiger partial charge in [0.1, 0.15) is 0 Å². The molecule has 0 spiro atoms. The van der Waals surface area contributed by atoms with Crippen molar-refractivity contribution in [3.05, 3.63) is 53.3 Å². The molecule has 2 atom stereocenters. The first kappa shape index (κ1) is 24.2. The lowest BCUT2D eigenvalue weighted by atomic mass is 9.94. The maximum atomic E-state index is 12.9. The molecule has 1 aromatic carbocycles. The fraction of sp³-hybridized carbons (Fsp3) is 0.478. The van der Waals surface area contributed by atoms with Crippen LogP contribution in [-0.2, 0) is 18.6 Å². The Morgan fingerprint density at radius 1 is 1.18 bits per heavy atom. The first-order valence-electron chi connectivity index (χ1n) is 10.7. The summed E-state index contributed by atoms with van der Waals surface area (Å²) in [5.41, 5.74) is 1.56. The predicted octanol–water partition coefficient (Wildman–Crippen LogP) is 5.58. The van der Waals surface area contributed by atoms with Crippen LogP contribution in [0.15, 0.2) is 46.2 Å². The molecule has 5 rings (SSSR count). The van der Waals surface area contributed by atoms with Crippen molar-refractivity contribution in [1.29, 1.82) is 0 Å². The number of halogens is 4. The zero-order chi connectivity index (χ0) is 22.5. The molecule has 3 heterocycles. The van der Waals surface area contributed by atoms with E-state index in [0.29, 0.717) is 5.92 Å². The molecule has 1 aliphatic heterocycles. The van der Waals surface area contributed by atoms with Crippen LogP contribution in [0.25, 0.3) is 11.6 Å². The molecule has 0 N–H and O–H groups in total. The van der Waals surface area contributed by atoms with Crippen LogP contribution < -0.4 is 0 Å². The van der Waals surface area contributed by atoms with Crippen LogP contribution in [0, 0.1) is 12.8 Å². The largest absolute Gasteiger partial charge is 0.461 e. The number of aromatic nitrogens is 3. The minimum Gasteiger partial charge on any atom is -0.461 e. The number of fused-ring (bicyclic) bond motifs is 1. The Labute approximate surface area is 201 Å². The topological polar surface area (TPSA) is 47.1 Å². The van der Waals surface area contributed by atoms with E-state index in [1.54, 1.807) is 30.2 Å². The van der Waals surface area contributed by atoms with Gasteiger partial charge in [0.25, 0.3) is 0 Å². The number of likely N-dealkylation sites (tertiary alicyclic amines) is 1. The molecule has 0 bridgehead atoms. The highest BCUT2D eigenvalue weighted by Crippen LogP contribution is 2.59. The number of nitrogens with zero attached hydrogens (tertiary/aromatic N) is 4. The van der Waals surface area contributed by atoms with Gasteiger partial charge in [0.2, 0.25) is 0 Å². The zero-order valence-corrected chi connectivity index (χ0v) is 20.1. The van der Waals surface area contributed by atoms with E-state index in [9.17, 15) is 13.2 Å². The van der Waals surface area contributed by atoms with Crippen LogP contribution in [0.3, 0.4) is 0 Å². The summed E-state index contributed by atoms with van der Waals surface area (Å²) in [5.74, 6) is 2.96. The second kappa shape index (κ2) is 9.00. The SMILES string of the molecule is Cc1ccoc1-c1nnc(SCCCN2C[C@@H]3C[C@]3(c3ccc(C(F)(F)F)cc3)C2)n1C.Cl. The molecule has 5 nitrogen and oxygen atoms in total. The third-order valence-electron chi connectivity index (χ3n) is 6.75. The third-order valence-corrected chi connectivity index (χ3v) is 7.86. The monoisotopic (exact) mass is 498 g/mol. The van der Waals surface area contributed by atoms with E-state index in [4.69, 9.17) is 4.42 Å². The van der Waals surface area contributed by atoms with Crippen molar-refractivity contribution >= 4 is 24.2 Å². The Morgan fingerprint density at radius 2 is 1.94 bits per heavy atom. The molecule has 2 aliphatic rings. The molecule has 0 amide bonds. The van der Waals surface area contributed by atoms with Gasteiger partial charge in [0.15, 0.2) is 16.7 Å². The second-order valence-electron chi connectivity index (χ2n) is 8.87. The molecule has 3 aromatic rings. The van der Waals surface area contributed by atoms with Crippen LogP contribution >= 0.6 is 24.2 Å². The van der Waals surface area contributed by atoms with Crippen LogP contribution in [0.2, 0.25) is 0 Å². The van der Waals surface area contributed by atoms with Crippen LogP contribution in [0.5, 0.6) is 0 Å². The van der Waals surface area contributed by atoms with Gasteiger partial charge in [-0.25, -0.2) is 0 Å². The molecule has 33 heavy (non-hydrogen) atoms. The van der Waals surface area contributed by atoms with Crippen LogP contribution in [0.4, 0.5) is 13.2 Å². The summed E-state index contributed by atoms with van der Waals surface area (Å²) in [5, 5.41) is 9.43. The average Bonchev–Trinajstić information content (AvgIpc) is 3.05. The zero-order valence-electron chi connectivity index (χ0n) is 18.4. The predicted molar refractivity (Wildman–Crippen MR) is 124 cm³/mol. The lowest BCUT2D eigenvalue weighted by molar-refractivity contribution is -0.137. The minimum absolute atomic E-state index is 0. The van der Waals surface area contributed by atoms with E-state index < -0.39 is 11.7 Å². The van der Waals surface area contributed by atoms with Crippen molar-refractivity contribution in [2.24, 2.45) is 13.0 Å². The van der Waals surface area contributed by atoms with E-state index in [-0.39, 0.29) is 17.8 Å². The number of hydrogen-bond donors (Lipinski definition) is 0. The molecule has 2 aromatic heterocycles. The Morgan fingerprint density at radius 3 is 2.61 bits per heavy atom. The van der Waals surface area contributed by atoms with E-state index in [1.165, 1.54) is 12.1 Å². The highest BCUT2D eigenvalue weighted by atomic mass is 35.5. The molecule has 1 saturated carbocycles. The Hall–Kier alpha value is -1.97. The molecule has 1 saturated heterocycles. The first-order valence-corrected chi connectivity index (χ1v) is 11.7. The van der Waals surface area contributed by atoms with Crippen LogP contribution in [0.1, 0.15) is 29.5 Å². The second-order valence-corrected chi connectivity index (χ2v) is 9.93. The van der Waals surface area contributed by atoms with Gasteiger partial charge >= 0.3 is 6.18 Å². The van der Waals surface area contributed by atoms with Crippen molar-refractivity contribution in [1.82, 2.24) is 19.7 Å². The molecule has 0 radical (unpaired) electrons. The number of rotatable bonds is 7. The van der Waals surface area contributed by atoms with Gasteiger partial charge in [-0.15, -0.1) is 22.6 Å². The molecule has 2 fully saturated rings. The number of furan rings is 1.